The second kappa shape index (κ2) is 9.91. The standard InChI is InChI=1S/C19H28N2O4S2/c22-19(7-14-27(23,24)18-5-2-1-3-6-18)21-8-4-13-26-16-17(21)15-20-9-11-25-12-10-20/h1-3,5-6,17H,4,7-16H2. The van der Waals surface area contributed by atoms with E-state index in [0.29, 0.717) is 6.54 Å². The van der Waals surface area contributed by atoms with Crippen molar-refractivity contribution in [2.24, 2.45) is 0 Å². The minimum Gasteiger partial charge on any atom is -0.379 e. The maximum Gasteiger partial charge on any atom is 0.223 e. The summed E-state index contributed by atoms with van der Waals surface area (Å²) in [5.41, 5.74) is 0. The molecule has 27 heavy (non-hydrogen) atoms. The van der Waals surface area contributed by atoms with E-state index >= 15 is 0 Å². The Kier molecular flexibility index (Phi) is 7.57. The maximum absolute atomic E-state index is 12.9. The molecule has 0 aromatic heterocycles. The zero-order valence-corrected chi connectivity index (χ0v) is 17.2. The molecule has 0 N–H and O–H groups in total. The molecule has 3 rings (SSSR count). The smallest absolute Gasteiger partial charge is 0.223 e. The van der Waals surface area contributed by atoms with Crippen molar-refractivity contribution in [3.8, 4) is 0 Å². The van der Waals surface area contributed by atoms with Crippen molar-refractivity contribution < 1.29 is 17.9 Å². The Hall–Kier alpha value is -1.09. The summed E-state index contributed by atoms with van der Waals surface area (Å²) in [5.74, 6) is 1.78. The van der Waals surface area contributed by atoms with Crippen molar-refractivity contribution in [2.75, 3.05) is 56.7 Å². The first-order valence-corrected chi connectivity index (χ1v) is 12.3. The van der Waals surface area contributed by atoms with Gasteiger partial charge in [0.15, 0.2) is 9.84 Å². The van der Waals surface area contributed by atoms with Crippen molar-refractivity contribution in [3.05, 3.63) is 30.3 Å². The van der Waals surface area contributed by atoms with Crippen LogP contribution in [0.1, 0.15) is 12.8 Å². The minimum absolute atomic E-state index is 0.0432. The van der Waals surface area contributed by atoms with Crippen LogP contribution in [0.25, 0.3) is 0 Å². The number of morpholine rings is 1. The fraction of sp³-hybridized carbons (Fsp3) is 0.632. The fourth-order valence-corrected chi connectivity index (χ4v) is 5.81. The number of carbonyl (C=O) groups is 1. The molecule has 2 saturated heterocycles. The number of carbonyl (C=O) groups excluding carboxylic acids is 1. The van der Waals surface area contributed by atoms with Crippen LogP contribution in [0.4, 0.5) is 0 Å². The normalized spacial score (nSPS) is 22.4. The second-order valence-corrected chi connectivity index (χ2v) is 10.2. The summed E-state index contributed by atoms with van der Waals surface area (Å²) in [6.45, 7) is 4.82. The van der Waals surface area contributed by atoms with Crippen LogP contribution >= 0.6 is 11.8 Å². The van der Waals surface area contributed by atoms with Crippen molar-refractivity contribution in [1.29, 1.82) is 0 Å². The lowest BCUT2D eigenvalue weighted by molar-refractivity contribution is -0.133. The summed E-state index contributed by atoms with van der Waals surface area (Å²) in [4.78, 5) is 17.5. The Morgan fingerprint density at radius 3 is 2.63 bits per heavy atom. The molecule has 1 unspecified atom stereocenters. The van der Waals surface area contributed by atoms with Crippen LogP contribution in [-0.4, -0.2) is 86.8 Å². The van der Waals surface area contributed by atoms with E-state index in [-0.39, 0.29) is 29.0 Å². The van der Waals surface area contributed by atoms with Crippen molar-refractivity contribution in [3.63, 3.8) is 0 Å². The molecule has 0 spiro atoms. The molecule has 2 aliphatic rings. The quantitative estimate of drug-likeness (QED) is 0.706. The number of amides is 1. The number of hydrogen-bond donors (Lipinski definition) is 0. The van der Waals surface area contributed by atoms with E-state index in [2.05, 4.69) is 4.90 Å². The van der Waals surface area contributed by atoms with Gasteiger partial charge < -0.3 is 9.64 Å². The van der Waals surface area contributed by atoms with E-state index in [1.807, 2.05) is 16.7 Å². The molecule has 0 saturated carbocycles. The highest BCUT2D eigenvalue weighted by molar-refractivity contribution is 7.99. The predicted molar refractivity (Wildman–Crippen MR) is 108 cm³/mol. The molecule has 0 aliphatic carbocycles. The van der Waals surface area contributed by atoms with Crippen LogP contribution in [-0.2, 0) is 19.4 Å². The summed E-state index contributed by atoms with van der Waals surface area (Å²) in [6.07, 6.45) is 1.00. The van der Waals surface area contributed by atoms with Crippen molar-refractivity contribution in [2.45, 2.75) is 23.8 Å². The lowest BCUT2D eigenvalue weighted by Gasteiger charge is -2.35. The Morgan fingerprint density at radius 2 is 1.89 bits per heavy atom. The molecular weight excluding hydrogens is 384 g/mol. The Labute approximate surface area is 166 Å². The molecule has 0 radical (unpaired) electrons. The summed E-state index contributed by atoms with van der Waals surface area (Å²) >= 11 is 1.88. The molecule has 0 bridgehead atoms. The topological polar surface area (TPSA) is 66.9 Å². The molecule has 6 nitrogen and oxygen atoms in total. The van der Waals surface area contributed by atoms with Gasteiger partial charge in [0.1, 0.15) is 0 Å². The van der Waals surface area contributed by atoms with E-state index in [9.17, 15) is 13.2 Å². The highest BCUT2D eigenvalue weighted by atomic mass is 32.2. The molecule has 2 fully saturated rings. The zero-order valence-electron chi connectivity index (χ0n) is 15.6. The van der Waals surface area contributed by atoms with Crippen molar-refractivity contribution >= 4 is 27.5 Å². The van der Waals surface area contributed by atoms with E-state index in [4.69, 9.17) is 4.74 Å². The van der Waals surface area contributed by atoms with Crippen LogP contribution in [0, 0.1) is 0 Å². The largest absolute Gasteiger partial charge is 0.379 e. The van der Waals surface area contributed by atoms with Gasteiger partial charge in [0.05, 0.1) is 29.9 Å². The number of nitrogens with zero attached hydrogens (tertiary/aromatic N) is 2. The first kappa shape index (κ1) is 20.6. The summed E-state index contributed by atoms with van der Waals surface area (Å²) in [5, 5.41) is 0. The van der Waals surface area contributed by atoms with Gasteiger partial charge in [-0.25, -0.2) is 8.42 Å². The first-order valence-electron chi connectivity index (χ1n) is 9.51. The highest BCUT2D eigenvalue weighted by Gasteiger charge is 2.29. The summed E-state index contributed by atoms with van der Waals surface area (Å²) < 4.78 is 30.4. The molecule has 2 heterocycles. The maximum atomic E-state index is 12.9. The highest BCUT2D eigenvalue weighted by Crippen LogP contribution is 2.20. The first-order chi connectivity index (χ1) is 13.1. The van der Waals surface area contributed by atoms with Crippen LogP contribution in [0.3, 0.4) is 0 Å². The number of sulfone groups is 1. The Morgan fingerprint density at radius 1 is 1.15 bits per heavy atom. The van der Waals surface area contributed by atoms with Gasteiger partial charge in [0.2, 0.25) is 5.91 Å². The minimum atomic E-state index is -3.43. The summed E-state index contributed by atoms with van der Waals surface area (Å²) in [6, 6.07) is 8.52. The van der Waals surface area contributed by atoms with E-state index in [1.54, 1.807) is 30.3 Å². The number of hydrogen-bond acceptors (Lipinski definition) is 6. The third-order valence-corrected chi connectivity index (χ3v) is 7.95. The molecular formula is C19H28N2O4S2. The predicted octanol–water partition coefficient (Wildman–Crippen LogP) is 1.52. The van der Waals surface area contributed by atoms with Crippen LogP contribution < -0.4 is 0 Å². The van der Waals surface area contributed by atoms with Gasteiger partial charge in [-0.3, -0.25) is 9.69 Å². The lowest BCUT2D eigenvalue weighted by atomic mass is 10.2. The molecule has 8 heteroatoms. The van der Waals surface area contributed by atoms with Crippen LogP contribution in [0.2, 0.25) is 0 Å². The monoisotopic (exact) mass is 412 g/mol. The Balaban J connectivity index is 1.61. The average molecular weight is 413 g/mol. The number of ether oxygens (including phenoxy) is 1. The molecule has 1 aromatic carbocycles. The average Bonchev–Trinajstić information content (AvgIpc) is 2.93. The summed E-state index contributed by atoms with van der Waals surface area (Å²) in [7, 11) is -3.43. The third-order valence-electron chi connectivity index (χ3n) is 5.02. The van der Waals surface area contributed by atoms with Crippen LogP contribution in [0.15, 0.2) is 35.2 Å². The fourth-order valence-electron chi connectivity index (χ4n) is 3.50. The molecule has 1 amide bonds. The number of thioether (sulfide) groups is 1. The van der Waals surface area contributed by atoms with Gasteiger partial charge in [0, 0.05) is 38.4 Å². The van der Waals surface area contributed by atoms with Gasteiger partial charge in [-0.2, -0.15) is 11.8 Å². The Bertz CT molecular complexity index is 706. The van der Waals surface area contributed by atoms with Gasteiger partial charge in [-0.15, -0.1) is 0 Å². The van der Waals surface area contributed by atoms with Gasteiger partial charge in [-0.05, 0) is 24.3 Å². The van der Waals surface area contributed by atoms with Crippen molar-refractivity contribution in [1.82, 2.24) is 9.80 Å². The lowest BCUT2D eigenvalue weighted by Crippen LogP contribution is -2.50. The molecule has 2 aliphatic heterocycles. The second-order valence-electron chi connectivity index (χ2n) is 6.96. The SMILES string of the molecule is O=C(CCS(=O)(=O)c1ccccc1)N1CCCSCC1CN1CCOCC1. The van der Waals surface area contributed by atoms with E-state index in [0.717, 1.165) is 50.8 Å². The van der Waals surface area contributed by atoms with Gasteiger partial charge in [0.25, 0.3) is 0 Å². The van der Waals surface area contributed by atoms with Gasteiger partial charge in [-0.1, -0.05) is 18.2 Å². The molecule has 1 atom stereocenters. The third kappa shape index (κ3) is 5.94. The number of benzene rings is 1. The van der Waals surface area contributed by atoms with Crippen LogP contribution in [0.5, 0.6) is 0 Å². The number of rotatable bonds is 6. The molecule has 150 valence electrons. The van der Waals surface area contributed by atoms with E-state index in [1.165, 1.54) is 0 Å². The van der Waals surface area contributed by atoms with Gasteiger partial charge >= 0.3 is 0 Å². The van der Waals surface area contributed by atoms with E-state index < -0.39 is 9.84 Å². The molecule has 1 aromatic rings. The zero-order chi connectivity index (χ0) is 19.1.